The van der Waals surface area contributed by atoms with Crippen LogP contribution in [-0.2, 0) is 9.53 Å². The lowest BCUT2D eigenvalue weighted by Crippen LogP contribution is -2.20. The van der Waals surface area contributed by atoms with Crippen molar-refractivity contribution in [3.63, 3.8) is 0 Å². The van der Waals surface area contributed by atoms with Crippen LogP contribution in [0.25, 0.3) is 0 Å². The van der Waals surface area contributed by atoms with Crippen LogP contribution in [0.2, 0.25) is 0 Å². The van der Waals surface area contributed by atoms with Gasteiger partial charge in [-0.3, -0.25) is 9.59 Å². The fraction of sp³-hybridized carbons (Fsp3) is 0.350. The number of aryl methyl sites for hydroxylation is 1. The molecular weight excluding hydrogens is 350 g/mol. The minimum absolute atomic E-state index is 0.124. The Hall–Kier alpha value is -3.09. The van der Waals surface area contributed by atoms with Crippen molar-refractivity contribution in [1.82, 2.24) is 4.98 Å². The van der Waals surface area contributed by atoms with Gasteiger partial charge in [-0.1, -0.05) is 0 Å². The number of rotatable bonds is 9. The van der Waals surface area contributed by atoms with E-state index in [9.17, 15) is 14.4 Å². The molecule has 0 saturated carbocycles. The zero-order chi connectivity index (χ0) is 20.0. The average molecular weight is 373 g/mol. The van der Waals surface area contributed by atoms with Crippen molar-refractivity contribution < 1.29 is 28.6 Å². The molecule has 144 valence electrons. The van der Waals surface area contributed by atoms with Gasteiger partial charge < -0.3 is 19.2 Å². The van der Waals surface area contributed by atoms with Crippen molar-refractivity contribution in [3.8, 4) is 11.5 Å². The molecule has 0 aliphatic rings. The van der Waals surface area contributed by atoms with Crippen molar-refractivity contribution in [3.05, 3.63) is 46.8 Å². The van der Waals surface area contributed by atoms with E-state index >= 15 is 0 Å². The van der Waals surface area contributed by atoms with Gasteiger partial charge in [0.05, 0.1) is 12.3 Å². The number of hydrogen-bond acceptors (Lipinski definition) is 6. The minimum Gasteiger partial charge on any atom is -0.494 e. The Kier molecular flexibility index (Phi) is 6.76. The summed E-state index contributed by atoms with van der Waals surface area (Å²) in [5, 5.41) is 0. The maximum Gasteiger partial charge on any atom is 0.344 e. The van der Waals surface area contributed by atoms with Crippen LogP contribution in [0.1, 0.15) is 46.0 Å². The first kappa shape index (κ1) is 20.2. The Balaban J connectivity index is 1.85. The van der Waals surface area contributed by atoms with Crippen LogP contribution in [0.5, 0.6) is 11.5 Å². The topological polar surface area (TPSA) is 94.7 Å². The zero-order valence-corrected chi connectivity index (χ0v) is 15.9. The van der Waals surface area contributed by atoms with E-state index in [-0.39, 0.29) is 18.1 Å². The molecule has 1 aromatic heterocycles. The van der Waals surface area contributed by atoms with Gasteiger partial charge in [0.15, 0.2) is 19.0 Å². The highest BCUT2D eigenvalue weighted by Gasteiger charge is 2.20. The number of ketones is 2. The van der Waals surface area contributed by atoms with Gasteiger partial charge >= 0.3 is 5.97 Å². The lowest BCUT2D eigenvalue weighted by Gasteiger charge is -2.08. The molecule has 2 aromatic rings. The van der Waals surface area contributed by atoms with Gasteiger partial charge in [0.25, 0.3) is 0 Å². The van der Waals surface area contributed by atoms with E-state index in [1.54, 1.807) is 38.1 Å². The molecule has 1 aromatic carbocycles. The summed E-state index contributed by atoms with van der Waals surface area (Å²) >= 11 is 0. The highest BCUT2D eigenvalue weighted by atomic mass is 16.6. The molecule has 0 radical (unpaired) electrons. The van der Waals surface area contributed by atoms with Crippen LogP contribution in [0.4, 0.5) is 0 Å². The second kappa shape index (κ2) is 9.02. The van der Waals surface area contributed by atoms with E-state index in [0.29, 0.717) is 34.9 Å². The molecule has 7 heteroatoms. The molecule has 0 bridgehead atoms. The quantitative estimate of drug-likeness (QED) is 0.536. The maximum absolute atomic E-state index is 12.3. The normalized spacial score (nSPS) is 10.4. The Bertz CT molecular complexity index is 835. The average Bonchev–Trinajstić information content (AvgIpc) is 2.93. The number of aromatic amines is 1. The first-order chi connectivity index (χ1) is 12.8. The van der Waals surface area contributed by atoms with Crippen LogP contribution in [-0.4, -0.2) is 42.3 Å². The fourth-order valence-electron chi connectivity index (χ4n) is 2.76. The molecule has 0 saturated heterocycles. The third-order valence-electron chi connectivity index (χ3n) is 3.92. The monoisotopic (exact) mass is 373 g/mol. The molecule has 1 N–H and O–H groups in total. The predicted octanol–water partition coefficient (Wildman–Crippen LogP) is 3.04. The fourth-order valence-corrected chi connectivity index (χ4v) is 2.76. The third-order valence-corrected chi connectivity index (χ3v) is 3.92. The van der Waals surface area contributed by atoms with E-state index in [1.165, 1.54) is 6.92 Å². The van der Waals surface area contributed by atoms with Crippen molar-refractivity contribution in [2.24, 2.45) is 0 Å². The zero-order valence-electron chi connectivity index (χ0n) is 15.9. The van der Waals surface area contributed by atoms with Crippen molar-refractivity contribution in [2.45, 2.75) is 27.7 Å². The predicted molar refractivity (Wildman–Crippen MR) is 98.7 cm³/mol. The molecule has 7 nitrogen and oxygen atoms in total. The Morgan fingerprint density at radius 2 is 1.56 bits per heavy atom. The number of carbonyl (C=O) groups is 3. The highest BCUT2D eigenvalue weighted by Crippen LogP contribution is 2.19. The van der Waals surface area contributed by atoms with Crippen LogP contribution < -0.4 is 9.47 Å². The molecule has 0 fully saturated rings. The number of esters is 1. The minimum atomic E-state index is -0.662. The Labute approximate surface area is 157 Å². The number of Topliss-reactive ketones (excluding diaryl/α,β-unsaturated/α-hetero) is 2. The summed E-state index contributed by atoms with van der Waals surface area (Å²) < 4.78 is 15.6. The standard InChI is InChI=1S/C20H23NO6/c1-5-25-15-6-8-16(9-7-15)26-11-18(24)27-10-17(23)20-12(2)19(14(4)22)13(3)21-20/h6-9,21H,5,10-11H2,1-4H3. The van der Waals surface area contributed by atoms with Gasteiger partial charge in [0, 0.05) is 11.3 Å². The summed E-state index contributed by atoms with van der Waals surface area (Å²) in [5.74, 6) is 0.00626. The van der Waals surface area contributed by atoms with Gasteiger partial charge in [0.1, 0.15) is 11.5 Å². The smallest absolute Gasteiger partial charge is 0.344 e. The summed E-state index contributed by atoms with van der Waals surface area (Å²) in [6, 6.07) is 6.82. The lowest BCUT2D eigenvalue weighted by molar-refractivity contribution is -0.144. The summed E-state index contributed by atoms with van der Waals surface area (Å²) in [6.07, 6.45) is 0. The van der Waals surface area contributed by atoms with Crippen LogP contribution in [0, 0.1) is 13.8 Å². The second-order valence-corrected chi connectivity index (χ2v) is 5.96. The Morgan fingerprint density at radius 1 is 0.963 bits per heavy atom. The number of hydrogen-bond donors (Lipinski definition) is 1. The molecule has 27 heavy (non-hydrogen) atoms. The summed E-state index contributed by atoms with van der Waals surface area (Å²) in [6.45, 7) is 6.55. The molecule has 0 aliphatic carbocycles. The maximum atomic E-state index is 12.3. The lowest BCUT2D eigenvalue weighted by atomic mass is 10.1. The van der Waals surface area contributed by atoms with Crippen molar-refractivity contribution >= 4 is 17.5 Å². The second-order valence-electron chi connectivity index (χ2n) is 5.96. The largest absolute Gasteiger partial charge is 0.494 e. The number of H-pyrrole nitrogens is 1. The van der Waals surface area contributed by atoms with Gasteiger partial charge in [-0.2, -0.15) is 0 Å². The van der Waals surface area contributed by atoms with Crippen molar-refractivity contribution in [2.75, 3.05) is 19.8 Å². The first-order valence-electron chi connectivity index (χ1n) is 8.58. The van der Waals surface area contributed by atoms with Crippen molar-refractivity contribution in [1.29, 1.82) is 0 Å². The summed E-state index contributed by atoms with van der Waals surface area (Å²) in [7, 11) is 0. The van der Waals surface area contributed by atoms with Gasteiger partial charge in [-0.15, -0.1) is 0 Å². The molecule has 2 rings (SSSR count). The van der Waals surface area contributed by atoms with Crippen LogP contribution in [0.3, 0.4) is 0 Å². The molecular formula is C20H23NO6. The summed E-state index contributed by atoms with van der Waals surface area (Å²) in [5.41, 5.74) is 1.95. The van der Waals surface area contributed by atoms with Gasteiger partial charge in [-0.05, 0) is 57.5 Å². The number of nitrogens with one attached hydrogen (secondary N) is 1. The first-order valence-corrected chi connectivity index (χ1v) is 8.58. The highest BCUT2D eigenvalue weighted by molar-refractivity contribution is 6.04. The summed E-state index contributed by atoms with van der Waals surface area (Å²) in [4.78, 5) is 38.6. The van der Waals surface area contributed by atoms with E-state index in [4.69, 9.17) is 14.2 Å². The molecule has 0 amide bonds. The van der Waals surface area contributed by atoms with E-state index in [1.807, 2.05) is 6.92 Å². The number of ether oxygens (including phenoxy) is 3. The molecule has 0 atom stereocenters. The van der Waals surface area contributed by atoms with Crippen LogP contribution in [0.15, 0.2) is 24.3 Å². The number of aromatic nitrogens is 1. The van der Waals surface area contributed by atoms with E-state index in [2.05, 4.69) is 4.98 Å². The van der Waals surface area contributed by atoms with Gasteiger partial charge in [-0.25, -0.2) is 4.79 Å². The van der Waals surface area contributed by atoms with E-state index in [0.717, 1.165) is 0 Å². The number of benzene rings is 1. The Morgan fingerprint density at radius 3 is 2.07 bits per heavy atom. The van der Waals surface area contributed by atoms with Gasteiger partial charge in [0.2, 0.25) is 5.78 Å². The number of carbonyl (C=O) groups excluding carboxylic acids is 3. The molecule has 0 spiro atoms. The SMILES string of the molecule is CCOc1ccc(OCC(=O)OCC(=O)c2[nH]c(C)c(C(C)=O)c2C)cc1. The third kappa shape index (κ3) is 5.20. The molecule has 1 heterocycles. The van der Waals surface area contributed by atoms with Crippen LogP contribution >= 0.6 is 0 Å². The van der Waals surface area contributed by atoms with E-state index < -0.39 is 18.4 Å². The molecule has 0 aliphatic heterocycles. The molecule has 0 unspecified atom stereocenters.